The molecule has 1 heterocycles. The van der Waals surface area contributed by atoms with E-state index in [0.29, 0.717) is 18.5 Å². The molecule has 3 aromatic rings. The molecule has 134 valence electrons. The quantitative estimate of drug-likeness (QED) is 0.722. The van der Waals surface area contributed by atoms with Crippen molar-refractivity contribution in [3.8, 4) is 21.7 Å². The summed E-state index contributed by atoms with van der Waals surface area (Å²) >= 11 is 1.55. The summed E-state index contributed by atoms with van der Waals surface area (Å²) in [5.74, 6) is -0.0514. The van der Waals surface area contributed by atoms with Gasteiger partial charge >= 0.3 is 0 Å². The van der Waals surface area contributed by atoms with Crippen LogP contribution in [0.25, 0.3) is 21.7 Å². The first-order chi connectivity index (χ1) is 12.6. The number of benzene rings is 2. The van der Waals surface area contributed by atoms with Gasteiger partial charge in [0.05, 0.1) is 0 Å². The van der Waals surface area contributed by atoms with Gasteiger partial charge in [-0.15, -0.1) is 10.2 Å². The highest BCUT2D eigenvalue weighted by atomic mass is 32.1. The molecular formula is C20H21N3O2S. The molecule has 0 saturated carbocycles. The second kappa shape index (κ2) is 8.21. The van der Waals surface area contributed by atoms with E-state index in [1.165, 1.54) is 0 Å². The van der Waals surface area contributed by atoms with Gasteiger partial charge in [-0.25, -0.2) is 0 Å². The van der Waals surface area contributed by atoms with Crippen LogP contribution in [-0.4, -0.2) is 46.3 Å². The first-order valence-electron chi connectivity index (χ1n) is 8.46. The molecule has 0 aliphatic rings. The molecule has 0 spiro atoms. The second-order valence-corrected chi connectivity index (χ2v) is 7.24. The van der Waals surface area contributed by atoms with Gasteiger partial charge in [0.1, 0.15) is 10.0 Å². The van der Waals surface area contributed by atoms with Crippen LogP contribution in [0.3, 0.4) is 0 Å². The third kappa shape index (κ3) is 3.98. The zero-order chi connectivity index (χ0) is 18.5. The number of hydrogen-bond acceptors (Lipinski definition) is 5. The van der Waals surface area contributed by atoms with Crippen LogP contribution in [0.5, 0.6) is 0 Å². The van der Waals surface area contributed by atoms with E-state index >= 15 is 0 Å². The van der Waals surface area contributed by atoms with Crippen LogP contribution >= 0.6 is 11.3 Å². The average Bonchev–Trinajstić information content (AvgIpc) is 3.11. The Bertz CT molecular complexity index is 907. The molecule has 6 heteroatoms. The largest absolute Gasteiger partial charge is 0.396 e. The first-order valence-corrected chi connectivity index (χ1v) is 9.28. The molecule has 0 unspecified atom stereocenters. The molecular weight excluding hydrogens is 346 g/mol. The number of carbonyl (C=O) groups excluding carboxylic acids is 1. The van der Waals surface area contributed by atoms with Crippen LogP contribution in [0, 0.1) is 6.92 Å². The molecule has 0 aliphatic heterocycles. The smallest absolute Gasteiger partial charge is 0.253 e. The molecule has 0 atom stereocenters. The van der Waals surface area contributed by atoms with E-state index < -0.39 is 0 Å². The monoisotopic (exact) mass is 367 g/mol. The highest BCUT2D eigenvalue weighted by Gasteiger charge is 2.15. The number of hydrogen-bond donors (Lipinski definition) is 1. The summed E-state index contributed by atoms with van der Waals surface area (Å²) in [6.45, 7) is 2.54. The van der Waals surface area contributed by atoms with E-state index in [1.807, 2.05) is 55.5 Å². The number of carbonyl (C=O) groups is 1. The van der Waals surface area contributed by atoms with Crippen LogP contribution < -0.4 is 0 Å². The number of aliphatic hydroxyl groups excluding tert-OH is 1. The summed E-state index contributed by atoms with van der Waals surface area (Å²) in [4.78, 5) is 14.3. The molecule has 0 fully saturated rings. The fraction of sp³-hybridized carbons (Fsp3) is 0.250. The van der Waals surface area contributed by atoms with Gasteiger partial charge < -0.3 is 10.0 Å². The van der Waals surface area contributed by atoms with Gasteiger partial charge in [0.2, 0.25) is 0 Å². The van der Waals surface area contributed by atoms with Gasteiger partial charge in [-0.3, -0.25) is 4.79 Å². The molecule has 0 bridgehead atoms. The Morgan fingerprint density at radius 3 is 2.58 bits per heavy atom. The van der Waals surface area contributed by atoms with E-state index in [4.69, 9.17) is 5.11 Å². The summed E-state index contributed by atoms with van der Waals surface area (Å²) in [5, 5.41) is 19.1. The van der Waals surface area contributed by atoms with Crippen molar-refractivity contribution in [2.75, 3.05) is 20.2 Å². The van der Waals surface area contributed by atoms with Gasteiger partial charge in [-0.05, 0) is 36.6 Å². The van der Waals surface area contributed by atoms with Crippen LogP contribution in [0.2, 0.25) is 0 Å². The van der Waals surface area contributed by atoms with Crippen molar-refractivity contribution >= 4 is 17.2 Å². The minimum Gasteiger partial charge on any atom is -0.396 e. The zero-order valence-corrected chi connectivity index (χ0v) is 15.7. The Labute approximate surface area is 156 Å². The Kier molecular flexibility index (Phi) is 5.75. The summed E-state index contributed by atoms with van der Waals surface area (Å²) in [6.07, 6.45) is 0.571. The lowest BCUT2D eigenvalue weighted by atomic mass is 9.98. The van der Waals surface area contributed by atoms with E-state index in [2.05, 4.69) is 10.2 Å². The van der Waals surface area contributed by atoms with E-state index in [0.717, 1.165) is 26.7 Å². The number of aromatic nitrogens is 2. The molecule has 3 rings (SSSR count). The van der Waals surface area contributed by atoms with Gasteiger partial charge in [0, 0.05) is 31.3 Å². The highest BCUT2D eigenvalue weighted by molar-refractivity contribution is 7.14. The number of aliphatic hydroxyl groups is 1. The topological polar surface area (TPSA) is 66.3 Å². The Morgan fingerprint density at radius 1 is 1.12 bits per heavy atom. The number of nitrogens with zero attached hydrogens (tertiary/aromatic N) is 3. The predicted octanol–water partition coefficient (Wildman–Crippen LogP) is 3.63. The molecule has 2 aromatic carbocycles. The maximum absolute atomic E-state index is 12.6. The minimum atomic E-state index is -0.0514. The fourth-order valence-electron chi connectivity index (χ4n) is 2.78. The van der Waals surface area contributed by atoms with E-state index in [-0.39, 0.29) is 12.5 Å². The van der Waals surface area contributed by atoms with Crippen molar-refractivity contribution in [2.24, 2.45) is 0 Å². The minimum absolute atomic E-state index is 0.0514. The Morgan fingerprint density at radius 2 is 1.88 bits per heavy atom. The van der Waals surface area contributed by atoms with Crippen molar-refractivity contribution in [3.05, 3.63) is 59.1 Å². The lowest BCUT2D eigenvalue weighted by molar-refractivity contribution is 0.0786. The molecule has 1 aromatic heterocycles. The number of amides is 1. The van der Waals surface area contributed by atoms with Crippen molar-refractivity contribution in [2.45, 2.75) is 13.3 Å². The molecule has 0 radical (unpaired) electrons. The first kappa shape index (κ1) is 18.2. The molecule has 5 nitrogen and oxygen atoms in total. The lowest BCUT2D eigenvalue weighted by Crippen LogP contribution is -2.28. The average molecular weight is 367 g/mol. The Hall–Kier alpha value is -2.57. The van der Waals surface area contributed by atoms with Gasteiger partial charge in [-0.1, -0.05) is 47.7 Å². The third-order valence-corrected chi connectivity index (χ3v) is 4.97. The standard InChI is InChI=1S/C20H21N3O2S/c1-14-21-22-19(26-14)18-10-4-3-9-17(18)15-7-5-8-16(13-15)20(25)23(2)11-6-12-24/h3-5,7-10,13,24H,6,11-12H2,1-2H3. The van der Waals surface area contributed by atoms with E-state index in [9.17, 15) is 4.79 Å². The highest BCUT2D eigenvalue weighted by Crippen LogP contribution is 2.33. The van der Waals surface area contributed by atoms with Gasteiger partial charge in [0.25, 0.3) is 5.91 Å². The van der Waals surface area contributed by atoms with Crippen LogP contribution in [0.15, 0.2) is 48.5 Å². The van der Waals surface area contributed by atoms with Crippen molar-refractivity contribution in [1.82, 2.24) is 15.1 Å². The Balaban J connectivity index is 1.95. The summed E-state index contributed by atoms with van der Waals surface area (Å²) in [5.41, 5.74) is 3.63. The van der Waals surface area contributed by atoms with Crippen molar-refractivity contribution in [3.63, 3.8) is 0 Å². The van der Waals surface area contributed by atoms with Crippen molar-refractivity contribution < 1.29 is 9.90 Å². The second-order valence-electron chi connectivity index (χ2n) is 6.06. The lowest BCUT2D eigenvalue weighted by Gasteiger charge is -2.17. The molecule has 1 N–H and O–H groups in total. The van der Waals surface area contributed by atoms with Crippen molar-refractivity contribution in [1.29, 1.82) is 0 Å². The third-order valence-electron chi connectivity index (χ3n) is 4.10. The van der Waals surface area contributed by atoms with Gasteiger partial charge in [0.15, 0.2) is 0 Å². The molecule has 26 heavy (non-hydrogen) atoms. The maximum atomic E-state index is 12.6. The van der Waals surface area contributed by atoms with E-state index in [1.54, 1.807) is 23.3 Å². The molecule has 1 amide bonds. The van der Waals surface area contributed by atoms with Crippen LogP contribution in [0.4, 0.5) is 0 Å². The fourth-order valence-corrected chi connectivity index (χ4v) is 3.51. The molecule has 0 aliphatic carbocycles. The summed E-state index contributed by atoms with van der Waals surface area (Å²) < 4.78 is 0. The van der Waals surface area contributed by atoms with Crippen LogP contribution in [-0.2, 0) is 0 Å². The van der Waals surface area contributed by atoms with Gasteiger partial charge in [-0.2, -0.15) is 0 Å². The normalized spacial score (nSPS) is 10.7. The number of rotatable bonds is 6. The predicted molar refractivity (Wildman–Crippen MR) is 104 cm³/mol. The number of aryl methyl sites for hydroxylation is 1. The zero-order valence-electron chi connectivity index (χ0n) is 14.8. The SMILES string of the molecule is Cc1nnc(-c2ccccc2-c2cccc(C(=O)N(C)CCCO)c2)s1. The summed E-state index contributed by atoms with van der Waals surface area (Å²) in [7, 11) is 1.75. The molecule has 0 saturated heterocycles. The van der Waals surface area contributed by atoms with Crippen LogP contribution in [0.1, 0.15) is 21.8 Å². The maximum Gasteiger partial charge on any atom is 0.253 e. The summed E-state index contributed by atoms with van der Waals surface area (Å²) in [6, 6.07) is 15.6.